The van der Waals surface area contributed by atoms with E-state index in [1.165, 1.54) is 25.3 Å². The molecule has 10 nitrogen and oxygen atoms in total. The monoisotopic (exact) mass is 392 g/mol. The first-order valence-corrected chi connectivity index (χ1v) is 9.23. The van der Waals surface area contributed by atoms with E-state index in [2.05, 4.69) is 5.32 Å². The molecule has 0 unspecified atom stereocenters. The number of hydrogen-bond acceptors (Lipinski definition) is 7. The van der Waals surface area contributed by atoms with Crippen molar-refractivity contribution in [1.82, 2.24) is 9.80 Å². The zero-order valence-corrected chi connectivity index (χ0v) is 15.8. The van der Waals surface area contributed by atoms with Crippen LogP contribution in [0, 0.1) is 10.1 Å². The van der Waals surface area contributed by atoms with Crippen molar-refractivity contribution >= 4 is 23.2 Å². The van der Waals surface area contributed by atoms with Gasteiger partial charge in [-0.15, -0.1) is 0 Å². The molecule has 28 heavy (non-hydrogen) atoms. The second kappa shape index (κ2) is 8.98. The Morgan fingerprint density at radius 1 is 1.32 bits per heavy atom. The summed E-state index contributed by atoms with van der Waals surface area (Å²) in [6, 6.07) is 4.04. The van der Waals surface area contributed by atoms with E-state index in [0.29, 0.717) is 38.5 Å². The molecular weight excluding hydrogens is 368 g/mol. The molecule has 0 saturated carbocycles. The molecule has 1 N–H and O–H groups in total. The van der Waals surface area contributed by atoms with Crippen LogP contribution >= 0.6 is 0 Å². The van der Waals surface area contributed by atoms with Gasteiger partial charge in [-0.25, -0.2) is 0 Å². The highest BCUT2D eigenvalue weighted by Gasteiger charge is 2.30. The number of nitro groups is 1. The van der Waals surface area contributed by atoms with E-state index >= 15 is 0 Å². The lowest BCUT2D eigenvalue weighted by atomic mass is 10.2. The summed E-state index contributed by atoms with van der Waals surface area (Å²) in [7, 11) is 1.43. The lowest BCUT2D eigenvalue weighted by molar-refractivity contribution is -0.384. The lowest BCUT2D eigenvalue weighted by Gasteiger charge is -2.35. The van der Waals surface area contributed by atoms with Crippen LogP contribution in [0.15, 0.2) is 18.2 Å². The van der Waals surface area contributed by atoms with Crippen molar-refractivity contribution in [3.8, 4) is 5.75 Å². The molecule has 152 valence electrons. The molecule has 2 heterocycles. The Bertz CT molecular complexity index is 742. The summed E-state index contributed by atoms with van der Waals surface area (Å²) in [6.07, 6.45) is 1.36. The Labute approximate surface area is 162 Å². The second-order valence-corrected chi connectivity index (χ2v) is 6.79. The smallest absolute Gasteiger partial charge is 0.271 e. The Morgan fingerprint density at radius 2 is 2.07 bits per heavy atom. The number of carbonyl (C=O) groups excluding carboxylic acids is 2. The zero-order valence-electron chi connectivity index (χ0n) is 15.8. The Kier molecular flexibility index (Phi) is 6.42. The van der Waals surface area contributed by atoms with Gasteiger partial charge in [0.2, 0.25) is 5.91 Å². The maximum absolute atomic E-state index is 12.4. The number of piperazine rings is 1. The Balaban J connectivity index is 1.51. The van der Waals surface area contributed by atoms with Crippen LogP contribution in [0.25, 0.3) is 0 Å². The van der Waals surface area contributed by atoms with Gasteiger partial charge in [0.25, 0.3) is 11.6 Å². The van der Waals surface area contributed by atoms with E-state index in [1.807, 2.05) is 4.90 Å². The van der Waals surface area contributed by atoms with Gasteiger partial charge in [0.05, 0.1) is 24.3 Å². The van der Waals surface area contributed by atoms with E-state index in [9.17, 15) is 19.7 Å². The number of hydrogen-bond donors (Lipinski definition) is 1. The number of amides is 2. The number of anilines is 1. The van der Waals surface area contributed by atoms with Gasteiger partial charge in [-0.05, 0) is 18.9 Å². The van der Waals surface area contributed by atoms with Gasteiger partial charge in [-0.3, -0.25) is 24.6 Å². The number of nitrogens with zero attached hydrogens (tertiary/aromatic N) is 3. The van der Waals surface area contributed by atoms with Crippen LogP contribution in [-0.4, -0.2) is 79.1 Å². The van der Waals surface area contributed by atoms with Gasteiger partial charge < -0.3 is 19.7 Å². The molecule has 1 atom stereocenters. The van der Waals surface area contributed by atoms with Crippen molar-refractivity contribution < 1.29 is 24.0 Å². The number of benzene rings is 1. The number of nitrogens with one attached hydrogen (secondary N) is 1. The molecule has 3 rings (SSSR count). The first-order chi connectivity index (χ1) is 13.5. The highest BCUT2D eigenvalue weighted by Crippen LogP contribution is 2.28. The fourth-order valence-electron chi connectivity index (χ4n) is 3.40. The van der Waals surface area contributed by atoms with E-state index in [1.54, 1.807) is 4.90 Å². The van der Waals surface area contributed by atoms with Gasteiger partial charge in [0, 0.05) is 44.9 Å². The largest absolute Gasteiger partial charge is 0.495 e. The summed E-state index contributed by atoms with van der Waals surface area (Å²) in [6.45, 7) is 3.03. The van der Waals surface area contributed by atoms with Crippen molar-refractivity contribution in [2.75, 3.05) is 51.8 Å². The number of non-ortho nitro benzene ring substituents is 1. The maximum Gasteiger partial charge on any atom is 0.271 e. The average molecular weight is 392 g/mol. The van der Waals surface area contributed by atoms with Crippen molar-refractivity contribution in [3.63, 3.8) is 0 Å². The van der Waals surface area contributed by atoms with Gasteiger partial charge in [0.1, 0.15) is 11.9 Å². The highest BCUT2D eigenvalue weighted by atomic mass is 16.6. The topological polar surface area (TPSA) is 114 Å². The molecule has 1 aromatic rings. The molecule has 0 radical (unpaired) electrons. The summed E-state index contributed by atoms with van der Waals surface area (Å²) in [5, 5.41) is 13.6. The van der Waals surface area contributed by atoms with Gasteiger partial charge in [-0.2, -0.15) is 0 Å². The SMILES string of the molecule is COc1ccc([N+](=O)[O-])cc1NC(=O)CN1CCN(C(=O)[C@@H]2CCCO2)CC1. The minimum Gasteiger partial charge on any atom is -0.495 e. The molecule has 0 aliphatic carbocycles. The van der Waals surface area contributed by atoms with Crippen molar-refractivity contribution in [1.29, 1.82) is 0 Å². The summed E-state index contributed by atoms with van der Waals surface area (Å²) in [5.41, 5.74) is 0.131. The number of nitro benzene ring substituents is 1. The molecule has 0 aromatic heterocycles. The van der Waals surface area contributed by atoms with E-state index in [0.717, 1.165) is 12.8 Å². The van der Waals surface area contributed by atoms with Crippen LogP contribution in [0.4, 0.5) is 11.4 Å². The van der Waals surface area contributed by atoms with Crippen LogP contribution < -0.4 is 10.1 Å². The highest BCUT2D eigenvalue weighted by molar-refractivity contribution is 5.94. The van der Waals surface area contributed by atoms with Gasteiger partial charge >= 0.3 is 0 Å². The number of ether oxygens (including phenoxy) is 2. The normalized spacial score (nSPS) is 20.0. The molecule has 0 spiro atoms. The Hall–Kier alpha value is -2.72. The average Bonchev–Trinajstić information content (AvgIpc) is 3.22. The summed E-state index contributed by atoms with van der Waals surface area (Å²) in [4.78, 5) is 38.9. The second-order valence-electron chi connectivity index (χ2n) is 6.79. The molecule has 10 heteroatoms. The molecular formula is C18H24N4O6. The number of carbonyl (C=O) groups is 2. The third-order valence-corrected chi connectivity index (χ3v) is 4.92. The minimum atomic E-state index is -0.528. The predicted molar refractivity (Wildman–Crippen MR) is 100 cm³/mol. The number of methoxy groups -OCH3 is 1. The van der Waals surface area contributed by atoms with E-state index in [4.69, 9.17) is 9.47 Å². The Morgan fingerprint density at radius 3 is 2.68 bits per heavy atom. The van der Waals surface area contributed by atoms with Crippen LogP contribution in [0.2, 0.25) is 0 Å². The maximum atomic E-state index is 12.4. The number of rotatable bonds is 6. The molecule has 2 aliphatic heterocycles. The lowest BCUT2D eigenvalue weighted by Crippen LogP contribution is -2.52. The van der Waals surface area contributed by atoms with Crippen molar-refractivity contribution in [2.45, 2.75) is 18.9 Å². The third-order valence-electron chi connectivity index (χ3n) is 4.92. The predicted octanol–water partition coefficient (Wildman–Crippen LogP) is 0.865. The van der Waals surface area contributed by atoms with E-state index < -0.39 is 4.92 Å². The fraction of sp³-hybridized carbons (Fsp3) is 0.556. The molecule has 2 saturated heterocycles. The molecule has 0 bridgehead atoms. The summed E-state index contributed by atoms with van der Waals surface area (Å²) < 4.78 is 10.6. The first kappa shape index (κ1) is 20.0. The van der Waals surface area contributed by atoms with Crippen LogP contribution in [0.3, 0.4) is 0 Å². The minimum absolute atomic E-state index is 0.0305. The fourth-order valence-corrected chi connectivity index (χ4v) is 3.40. The van der Waals surface area contributed by atoms with Crippen LogP contribution in [0.1, 0.15) is 12.8 Å². The van der Waals surface area contributed by atoms with Crippen LogP contribution in [0.5, 0.6) is 5.75 Å². The summed E-state index contributed by atoms with van der Waals surface area (Å²) in [5.74, 6) is 0.0894. The van der Waals surface area contributed by atoms with Gasteiger partial charge in [0.15, 0.2) is 0 Å². The zero-order chi connectivity index (χ0) is 20.1. The molecule has 1 aromatic carbocycles. The molecule has 2 aliphatic rings. The van der Waals surface area contributed by atoms with Crippen molar-refractivity contribution in [2.24, 2.45) is 0 Å². The van der Waals surface area contributed by atoms with E-state index in [-0.39, 0.29) is 35.8 Å². The quantitative estimate of drug-likeness (QED) is 0.564. The van der Waals surface area contributed by atoms with Gasteiger partial charge in [-0.1, -0.05) is 0 Å². The van der Waals surface area contributed by atoms with Crippen molar-refractivity contribution in [3.05, 3.63) is 28.3 Å². The molecule has 2 amide bonds. The third kappa shape index (κ3) is 4.76. The molecule has 2 fully saturated rings. The first-order valence-electron chi connectivity index (χ1n) is 9.23. The summed E-state index contributed by atoms with van der Waals surface area (Å²) >= 11 is 0. The van der Waals surface area contributed by atoms with Crippen LogP contribution in [-0.2, 0) is 14.3 Å². The standard InChI is InChI=1S/C18H24N4O6/c1-27-15-5-4-13(22(25)26)11-14(15)19-17(23)12-20-6-8-21(9-7-20)18(24)16-3-2-10-28-16/h4-5,11,16H,2-3,6-10,12H2,1H3,(H,19,23)/t16-/m0/s1.